The molecule has 1 heterocycles. The van der Waals surface area contributed by atoms with Gasteiger partial charge in [0.1, 0.15) is 22.5 Å². The van der Waals surface area contributed by atoms with Crippen molar-refractivity contribution in [2.24, 2.45) is 0 Å². The second-order valence-electron chi connectivity index (χ2n) is 6.74. The summed E-state index contributed by atoms with van der Waals surface area (Å²) in [7, 11) is 0. The molecule has 0 atom stereocenters. The van der Waals surface area contributed by atoms with Crippen LogP contribution in [0.2, 0.25) is 0 Å². The zero-order valence-electron chi connectivity index (χ0n) is 16.7. The third-order valence-electron chi connectivity index (χ3n) is 4.76. The highest BCUT2D eigenvalue weighted by molar-refractivity contribution is 6.08. The Bertz CT molecular complexity index is 1190. The molecular formula is C23H19F3O5. The quantitative estimate of drug-likeness (QED) is 0.208. The van der Waals surface area contributed by atoms with Gasteiger partial charge in [0.05, 0.1) is 6.61 Å². The lowest BCUT2D eigenvalue weighted by Crippen LogP contribution is -2.11. The van der Waals surface area contributed by atoms with Crippen molar-refractivity contribution < 1.29 is 36.7 Å². The van der Waals surface area contributed by atoms with E-state index >= 15 is 0 Å². The van der Waals surface area contributed by atoms with Crippen LogP contribution in [0.15, 0.2) is 54.0 Å². The van der Waals surface area contributed by atoms with Gasteiger partial charge in [-0.25, -0.2) is 9.59 Å². The molecule has 0 aliphatic heterocycles. The molecule has 3 aromatic rings. The fourth-order valence-electron chi connectivity index (χ4n) is 3.33. The van der Waals surface area contributed by atoms with Gasteiger partial charge in [-0.3, -0.25) is 0 Å². The van der Waals surface area contributed by atoms with Crippen LogP contribution in [-0.2, 0) is 26.9 Å². The minimum Gasteiger partial charge on any atom is -0.463 e. The van der Waals surface area contributed by atoms with Crippen molar-refractivity contribution in [3.63, 3.8) is 0 Å². The van der Waals surface area contributed by atoms with Crippen molar-refractivity contribution >= 4 is 33.9 Å². The number of aryl methyl sites for hydroxylation is 2. The maximum atomic E-state index is 14.0. The largest absolute Gasteiger partial charge is 0.463 e. The van der Waals surface area contributed by atoms with Crippen molar-refractivity contribution in [3.8, 4) is 5.75 Å². The molecular weight excluding hydrogens is 413 g/mol. The van der Waals surface area contributed by atoms with E-state index < -0.39 is 23.7 Å². The number of esters is 2. The summed E-state index contributed by atoms with van der Waals surface area (Å²) in [5, 5.41) is 0.775. The molecule has 5 nitrogen and oxygen atoms in total. The van der Waals surface area contributed by atoms with E-state index in [4.69, 9.17) is 13.9 Å². The van der Waals surface area contributed by atoms with Crippen LogP contribution < -0.4 is 4.74 Å². The number of hydrogen-bond donors (Lipinski definition) is 0. The van der Waals surface area contributed by atoms with Gasteiger partial charge in [-0.1, -0.05) is 25.3 Å². The van der Waals surface area contributed by atoms with Crippen molar-refractivity contribution in [3.05, 3.63) is 66.3 Å². The van der Waals surface area contributed by atoms with E-state index in [9.17, 15) is 22.8 Å². The molecule has 162 valence electrons. The second kappa shape index (κ2) is 8.67. The van der Waals surface area contributed by atoms with Crippen LogP contribution in [0.25, 0.3) is 21.9 Å². The topological polar surface area (TPSA) is 65.7 Å². The van der Waals surface area contributed by atoms with Crippen molar-refractivity contribution in [1.82, 2.24) is 0 Å². The summed E-state index contributed by atoms with van der Waals surface area (Å²) in [4.78, 5) is 22.6. The number of fused-ring (bicyclic) bond motifs is 3. The fraction of sp³-hybridized carbons (Fsp3) is 0.217. The number of halogens is 3. The predicted molar refractivity (Wildman–Crippen MR) is 109 cm³/mol. The second-order valence-corrected chi connectivity index (χ2v) is 6.74. The number of rotatable bonds is 7. The van der Waals surface area contributed by atoms with Crippen LogP contribution in [0.4, 0.5) is 13.2 Å². The van der Waals surface area contributed by atoms with Crippen molar-refractivity contribution in [2.75, 3.05) is 6.61 Å². The Hall–Kier alpha value is -3.55. The Morgan fingerprint density at radius 1 is 1.03 bits per heavy atom. The normalized spacial score (nSPS) is 11.5. The van der Waals surface area contributed by atoms with Crippen LogP contribution in [-0.4, -0.2) is 18.5 Å². The Morgan fingerprint density at radius 3 is 2.32 bits per heavy atom. The van der Waals surface area contributed by atoms with Gasteiger partial charge < -0.3 is 13.9 Å². The highest BCUT2D eigenvalue weighted by Gasteiger charge is 2.37. The number of ether oxygens (including phenoxy) is 2. The van der Waals surface area contributed by atoms with Gasteiger partial charge in [0.25, 0.3) is 0 Å². The zero-order chi connectivity index (χ0) is 22.8. The van der Waals surface area contributed by atoms with E-state index in [-0.39, 0.29) is 41.9 Å². The highest BCUT2D eigenvalue weighted by Crippen LogP contribution is 2.43. The van der Waals surface area contributed by atoms with E-state index in [1.165, 1.54) is 12.1 Å². The molecule has 0 aliphatic rings. The van der Waals surface area contributed by atoms with Crippen molar-refractivity contribution in [2.45, 2.75) is 25.9 Å². The number of carbonyl (C=O) groups excluding carboxylic acids is 2. The number of carbonyl (C=O) groups is 2. The Labute approximate surface area is 175 Å². The molecule has 31 heavy (non-hydrogen) atoms. The van der Waals surface area contributed by atoms with Gasteiger partial charge in [-0.15, -0.1) is 0 Å². The minimum atomic E-state index is -4.66. The van der Waals surface area contributed by atoms with Gasteiger partial charge in [0.2, 0.25) is 0 Å². The third kappa shape index (κ3) is 4.47. The van der Waals surface area contributed by atoms with Crippen LogP contribution >= 0.6 is 0 Å². The van der Waals surface area contributed by atoms with Gasteiger partial charge in [-0.05, 0) is 37.5 Å². The monoisotopic (exact) mass is 432 g/mol. The molecule has 0 spiro atoms. The summed E-state index contributed by atoms with van der Waals surface area (Å²) < 4.78 is 57.5. The summed E-state index contributed by atoms with van der Waals surface area (Å²) in [5.74, 6) is -1.14. The summed E-state index contributed by atoms with van der Waals surface area (Å²) in [6.45, 7) is 8.15. The first-order valence-corrected chi connectivity index (χ1v) is 9.35. The molecule has 0 aliphatic carbocycles. The summed E-state index contributed by atoms with van der Waals surface area (Å²) in [6, 6.07) is 6.02. The lowest BCUT2D eigenvalue weighted by atomic mass is 9.99. The SMILES string of the molecule is C=CC(=O)OCCCc1ccc2c(oc3c(C)c(OC(=O)C=C)ccc32)c1C(F)(F)F. The molecule has 0 bridgehead atoms. The van der Waals surface area contributed by atoms with Crippen LogP contribution in [0.1, 0.15) is 23.1 Å². The molecule has 0 saturated carbocycles. The summed E-state index contributed by atoms with van der Waals surface area (Å²) in [6.07, 6.45) is -2.44. The molecule has 3 rings (SSSR count). The highest BCUT2D eigenvalue weighted by atomic mass is 19.4. The number of furan rings is 1. The molecule has 0 N–H and O–H groups in total. The maximum absolute atomic E-state index is 14.0. The first-order valence-electron chi connectivity index (χ1n) is 9.35. The Morgan fingerprint density at radius 2 is 1.68 bits per heavy atom. The minimum absolute atomic E-state index is 0.0303. The van der Waals surface area contributed by atoms with Gasteiger partial charge in [0, 0.05) is 28.5 Å². The third-order valence-corrected chi connectivity index (χ3v) is 4.76. The first kappa shape index (κ1) is 22.1. The van der Waals surface area contributed by atoms with Gasteiger partial charge in [-0.2, -0.15) is 13.2 Å². The molecule has 8 heteroatoms. The molecule has 1 aromatic heterocycles. The molecule has 0 amide bonds. The smallest absolute Gasteiger partial charge is 0.420 e. The standard InChI is InChI=1S/C23H19F3O5/c1-4-18(27)29-12-6-7-14-8-9-16-15-10-11-17(30-19(28)5-2)13(3)21(15)31-22(16)20(14)23(24,25)26/h4-5,8-11H,1-2,6-7,12H2,3H3. The molecule has 0 unspecified atom stereocenters. The van der Waals surface area contributed by atoms with E-state index in [1.54, 1.807) is 19.1 Å². The fourth-order valence-corrected chi connectivity index (χ4v) is 3.33. The lowest BCUT2D eigenvalue weighted by Gasteiger charge is -2.13. The average Bonchev–Trinajstić information content (AvgIpc) is 3.10. The van der Waals surface area contributed by atoms with E-state index in [0.29, 0.717) is 16.3 Å². The first-order chi connectivity index (χ1) is 14.7. The predicted octanol–water partition coefficient (Wildman–Crippen LogP) is 5.67. The molecule has 0 radical (unpaired) electrons. The van der Waals surface area contributed by atoms with Crippen LogP contribution in [0.3, 0.4) is 0 Å². The van der Waals surface area contributed by atoms with E-state index in [0.717, 1.165) is 12.2 Å². The average molecular weight is 432 g/mol. The van der Waals surface area contributed by atoms with E-state index in [1.807, 2.05) is 0 Å². The number of hydrogen-bond acceptors (Lipinski definition) is 5. The Kier molecular flexibility index (Phi) is 6.19. The summed E-state index contributed by atoms with van der Waals surface area (Å²) in [5.41, 5.74) is -0.537. The molecule has 0 fully saturated rings. The van der Waals surface area contributed by atoms with Crippen molar-refractivity contribution in [1.29, 1.82) is 0 Å². The molecule has 0 saturated heterocycles. The zero-order valence-corrected chi connectivity index (χ0v) is 16.7. The number of benzene rings is 2. The van der Waals surface area contributed by atoms with E-state index in [2.05, 4.69) is 13.2 Å². The van der Waals surface area contributed by atoms with Gasteiger partial charge >= 0.3 is 18.1 Å². The maximum Gasteiger partial charge on any atom is 0.420 e. The number of alkyl halides is 3. The van der Waals surface area contributed by atoms with Crippen LogP contribution in [0.5, 0.6) is 5.75 Å². The lowest BCUT2D eigenvalue weighted by molar-refractivity contribution is -0.139. The molecule has 2 aromatic carbocycles. The van der Waals surface area contributed by atoms with Gasteiger partial charge in [0.15, 0.2) is 0 Å². The Balaban J connectivity index is 2.07. The summed E-state index contributed by atoms with van der Waals surface area (Å²) >= 11 is 0. The van der Waals surface area contributed by atoms with Crippen LogP contribution in [0, 0.1) is 6.92 Å².